The molecule has 3 aromatic rings. The average Bonchev–Trinajstić information content (AvgIpc) is 3.30. The summed E-state index contributed by atoms with van der Waals surface area (Å²) in [5, 5.41) is 4.64. The topological polar surface area (TPSA) is 55.2 Å². The number of benzene rings is 2. The second-order valence-electron chi connectivity index (χ2n) is 7.62. The average molecular weight is 399 g/mol. The third-order valence-electron chi connectivity index (χ3n) is 5.55. The van der Waals surface area contributed by atoms with Crippen LogP contribution in [0.1, 0.15) is 45.7 Å². The fourth-order valence-corrected chi connectivity index (χ4v) is 3.84. The summed E-state index contributed by atoms with van der Waals surface area (Å²) in [7, 11) is 0. The molecule has 4 rings (SSSR count). The summed E-state index contributed by atoms with van der Waals surface area (Å²) in [6, 6.07) is 17.5. The number of ketones is 1. The highest BCUT2D eigenvalue weighted by atomic mass is 16.2. The lowest BCUT2D eigenvalue weighted by Gasteiger charge is -2.15. The lowest BCUT2D eigenvalue weighted by molar-refractivity contribution is -0.117. The lowest BCUT2D eigenvalue weighted by atomic mass is 10.1. The van der Waals surface area contributed by atoms with E-state index in [1.807, 2.05) is 54.9 Å². The summed E-state index contributed by atoms with van der Waals surface area (Å²) in [5.41, 5.74) is 5.55. The van der Waals surface area contributed by atoms with Crippen LogP contribution in [-0.2, 0) is 11.3 Å². The van der Waals surface area contributed by atoms with Gasteiger partial charge in [0.1, 0.15) is 0 Å². The van der Waals surface area contributed by atoms with Crippen LogP contribution in [0.5, 0.6) is 0 Å². The fraction of sp³-hybridized carbons (Fsp3) is 0.240. The van der Waals surface area contributed by atoms with Gasteiger partial charge in [0.05, 0.1) is 12.2 Å². The largest absolute Gasteiger partial charge is 0.312 e. The van der Waals surface area contributed by atoms with Gasteiger partial charge in [-0.15, -0.1) is 0 Å². The van der Waals surface area contributed by atoms with Gasteiger partial charge in [-0.05, 0) is 62.2 Å². The predicted molar refractivity (Wildman–Crippen MR) is 119 cm³/mol. The Morgan fingerprint density at radius 2 is 1.80 bits per heavy atom. The monoisotopic (exact) mass is 399 g/mol. The van der Waals surface area contributed by atoms with E-state index < -0.39 is 0 Å². The molecule has 0 spiro atoms. The quantitative estimate of drug-likeness (QED) is 0.451. The van der Waals surface area contributed by atoms with Crippen molar-refractivity contribution in [3.05, 3.63) is 88.8 Å². The van der Waals surface area contributed by atoms with Crippen LogP contribution < -0.4 is 4.90 Å². The third-order valence-corrected chi connectivity index (χ3v) is 5.55. The molecule has 5 nitrogen and oxygen atoms in total. The van der Waals surface area contributed by atoms with E-state index >= 15 is 0 Å². The van der Waals surface area contributed by atoms with Gasteiger partial charge in [-0.1, -0.05) is 30.3 Å². The molecule has 1 aliphatic rings. The summed E-state index contributed by atoms with van der Waals surface area (Å²) >= 11 is 0. The van der Waals surface area contributed by atoms with Gasteiger partial charge >= 0.3 is 0 Å². The van der Waals surface area contributed by atoms with Crippen LogP contribution in [0.3, 0.4) is 0 Å². The summed E-state index contributed by atoms with van der Waals surface area (Å²) < 4.78 is 1.97. The molecule has 1 amide bonds. The number of carbonyl (C=O) groups is 2. The SMILES string of the molecule is Cc1nn(Cc2ccccc2)c(C)c1/C=C/C(=O)c1ccc(N2CCCC2=O)cc1. The van der Waals surface area contributed by atoms with Crippen LogP contribution in [0, 0.1) is 13.8 Å². The summed E-state index contributed by atoms with van der Waals surface area (Å²) in [6.45, 7) is 5.43. The number of hydrogen-bond acceptors (Lipinski definition) is 3. The fourth-order valence-electron chi connectivity index (χ4n) is 3.84. The van der Waals surface area contributed by atoms with Gasteiger partial charge < -0.3 is 4.90 Å². The Hall–Kier alpha value is -3.47. The highest BCUT2D eigenvalue weighted by Crippen LogP contribution is 2.22. The third kappa shape index (κ3) is 4.10. The van der Waals surface area contributed by atoms with Crippen molar-refractivity contribution in [1.82, 2.24) is 9.78 Å². The second-order valence-corrected chi connectivity index (χ2v) is 7.62. The number of aromatic nitrogens is 2. The zero-order chi connectivity index (χ0) is 21.1. The van der Waals surface area contributed by atoms with Crippen molar-refractivity contribution in [1.29, 1.82) is 0 Å². The molecule has 2 heterocycles. The number of aryl methyl sites for hydroxylation is 1. The van der Waals surface area contributed by atoms with Gasteiger partial charge in [0.2, 0.25) is 5.91 Å². The van der Waals surface area contributed by atoms with Crippen molar-refractivity contribution in [2.24, 2.45) is 0 Å². The van der Waals surface area contributed by atoms with Crippen LogP contribution in [0.2, 0.25) is 0 Å². The van der Waals surface area contributed by atoms with Gasteiger partial charge in [0.15, 0.2) is 5.78 Å². The van der Waals surface area contributed by atoms with Crippen LogP contribution in [0.25, 0.3) is 6.08 Å². The summed E-state index contributed by atoms with van der Waals surface area (Å²) in [6.07, 6.45) is 4.93. The van der Waals surface area contributed by atoms with Gasteiger partial charge in [-0.25, -0.2) is 0 Å². The Kier molecular flexibility index (Phi) is 5.61. The minimum absolute atomic E-state index is 0.0658. The van der Waals surface area contributed by atoms with E-state index in [0.717, 1.165) is 35.6 Å². The van der Waals surface area contributed by atoms with Crippen LogP contribution in [0.4, 0.5) is 5.69 Å². The van der Waals surface area contributed by atoms with Gasteiger partial charge in [-0.3, -0.25) is 14.3 Å². The molecule has 0 saturated carbocycles. The Labute approximate surface area is 176 Å². The van der Waals surface area contributed by atoms with Crippen LogP contribution in [0.15, 0.2) is 60.7 Å². The first-order chi connectivity index (χ1) is 14.5. The first-order valence-corrected chi connectivity index (χ1v) is 10.2. The number of hydrogen-bond donors (Lipinski definition) is 0. The molecule has 30 heavy (non-hydrogen) atoms. The molecule has 1 aliphatic heterocycles. The van der Waals surface area contributed by atoms with E-state index in [0.29, 0.717) is 18.5 Å². The maximum Gasteiger partial charge on any atom is 0.227 e. The first kappa shape index (κ1) is 19.8. The van der Waals surface area contributed by atoms with Crippen molar-refractivity contribution in [2.75, 3.05) is 11.4 Å². The summed E-state index contributed by atoms with van der Waals surface area (Å²) in [5.74, 6) is 0.0799. The zero-order valence-electron chi connectivity index (χ0n) is 17.3. The number of carbonyl (C=O) groups excluding carboxylic acids is 2. The highest BCUT2D eigenvalue weighted by Gasteiger charge is 2.21. The minimum Gasteiger partial charge on any atom is -0.312 e. The Morgan fingerprint density at radius 1 is 1.07 bits per heavy atom. The molecule has 0 unspecified atom stereocenters. The molecule has 1 fully saturated rings. The molecular formula is C25H25N3O2. The first-order valence-electron chi connectivity index (χ1n) is 10.2. The van der Waals surface area contributed by atoms with E-state index in [9.17, 15) is 9.59 Å². The van der Waals surface area contributed by atoms with E-state index in [-0.39, 0.29) is 11.7 Å². The highest BCUT2D eigenvalue weighted by molar-refractivity contribution is 6.07. The molecule has 0 radical (unpaired) electrons. The van der Waals surface area contributed by atoms with Gasteiger partial charge in [0.25, 0.3) is 0 Å². The minimum atomic E-state index is -0.0658. The summed E-state index contributed by atoms with van der Waals surface area (Å²) in [4.78, 5) is 26.3. The van der Waals surface area contributed by atoms with E-state index in [1.54, 1.807) is 23.1 Å². The standard InChI is InChI=1S/C25H25N3O2/c1-18-23(19(2)28(26-18)17-20-7-4-3-5-8-20)14-15-24(29)21-10-12-22(13-11-21)27-16-6-9-25(27)30/h3-5,7-8,10-15H,6,9,16-17H2,1-2H3/b15-14+. The molecule has 152 valence electrons. The molecule has 1 saturated heterocycles. The predicted octanol–water partition coefficient (Wildman–Crippen LogP) is 4.57. The Bertz CT molecular complexity index is 1100. The maximum atomic E-state index is 12.6. The molecule has 2 aromatic carbocycles. The van der Waals surface area contributed by atoms with Gasteiger partial charge in [-0.2, -0.15) is 5.10 Å². The zero-order valence-corrected chi connectivity index (χ0v) is 17.3. The number of nitrogens with zero attached hydrogens (tertiary/aromatic N) is 3. The molecule has 0 aliphatic carbocycles. The van der Waals surface area contributed by atoms with Crippen LogP contribution >= 0.6 is 0 Å². The lowest BCUT2D eigenvalue weighted by Crippen LogP contribution is -2.23. The molecular weight excluding hydrogens is 374 g/mol. The smallest absolute Gasteiger partial charge is 0.227 e. The van der Waals surface area contributed by atoms with E-state index in [2.05, 4.69) is 17.2 Å². The molecule has 5 heteroatoms. The number of anilines is 1. The van der Waals surface area contributed by atoms with Crippen molar-refractivity contribution < 1.29 is 9.59 Å². The van der Waals surface area contributed by atoms with Gasteiger partial charge in [0, 0.05) is 35.5 Å². The van der Waals surface area contributed by atoms with Crippen molar-refractivity contribution >= 4 is 23.5 Å². The van der Waals surface area contributed by atoms with E-state index in [4.69, 9.17) is 0 Å². The number of amides is 1. The van der Waals surface area contributed by atoms with Crippen molar-refractivity contribution in [3.63, 3.8) is 0 Å². The molecule has 1 aromatic heterocycles. The molecule has 0 N–H and O–H groups in total. The normalized spacial score (nSPS) is 14.1. The number of allylic oxidation sites excluding steroid dienone is 1. The second kappa shape index (κ2) is 8.49. The Balaban J connectivity index is 1.48. The molecule has 0 bridgehead atoms. The maximum absolute atomic E-state index is 12.6. The van der Waals surface area contributed by atoms with Crippen molar-refractivity contribution in [2.45, 2.75) is 33.2 Å². The molecule has 0 atom stereocenters. The van der Waals surface area contributed by atoms with E-state index in [1.165, 1.54) is 5.56 Å². The van der Waals surface area contributed by atoms with Crippen molar-refractivity contribution in [3.8, 4) is 0 Å². The Morgan fingerprint density at radius 3 is 2.47 bits per heavy atom. The number of rotatable bonds is 6. The van der Waals surface area contributed by atoms with Crippen LogP contribution in [-0.4, -0.2) is 28.0 Å².